The van der Waals surface area contributed by atoms with Gasteiger partial charge in [-0.2, -0.15) is 0 Å². The molecule has 0 saturated carbocycles. The average molecular weight is 298 g/mol. The lowest BCUT2D eigenvalue weighted by Crippen LogP contribution is -2.26. The maximum absolute atomic E-state index is 12.3. The molecule has 1 aromatic carbocycles. The summed E-state index contributed by atoms with van der Waals surface area (Å²) in [5, 5.41) is 0. The Morgan fingerprint density at radius 3 is 2.68 bits per heavy atom. The van der Waals surface area contributed by atoms with Crippen LogP contribution in [-0.4, -0.2) is 22.5 Å². The molecule has 3 rings (SSSR count). The third-order valence-electron chi connectivity index (χ3n) is 4.07. The number of nitrogens with zero attached hydrogens (tertiary/aromatic N) is 1. The van der Waals surface area contributed by atoms with Crippen molar-refractivity contribution >= 4 is 11.9 Å². The number of rotatable bonds is 3. The van der Waals surface area contributed by atoms with E-state index >= 15 is 0 Å². The van der Waals surface area contributed by atoms with Crippen LogP contribution in [0.1, 0.15) is 38.4 Å². The Balaban J connectivity index is 1.72. The lowest BCUT2D eigenvalue weighted by atomic mass is 9.90. The molecule has 1 amide bonds. The first-order valence-electron chi connectivity index (χ1n) is 7.28. The second-order valence-electron chi connectivity index (χ2n) is 5.63. The standard InChI is InChI=1S/C17H18N2O3/c1-19-10-13(16(18)20)9-15(19)17(21)22-14-7-6-11-4-2-3-5-12(11)8-14/h2-5,9-10,14H,6-8H2,1H3,(H2,18,20)/t14-/m1/s1. The highest BCUT2D eigenvalue weighted by Crippen LogP contribution is 2.23. The molecule has 1 aliphatic rings. The van der Waals surface area contributed by atoms with Gasteiger partial charge in [0.25, 0.3) is 0 Å². The van der Waals surface area contributed by atoms with E-state index in [9.17, 15) is 9.59 Å². The van der Waals surface area contributed by atoms with Crippen LogP contribution in [0.2, 0.25) is 0 Å². The van der Waals surface area contributed by atoms with Gasteiger partial charge in [-0.3, -0.25) is 4.79 Å². The fourth-order valence-electron chi connectivity index (χ4n) is 2.88. The number of fused-ring (bicyclic) bond motifs is 1. The Morgan fingerprint density at radius 1 is 1.27 bits per heavy atom. The molecule has 5 nitrogen and oxygen atoms in total. The van der Waals surface area contributed by atoms with Crippen molar-refractivity contribution in [2.24, 2.45) is 12.8 Å². The molecule has 22 heavy (non-hydrogen) atoms. The van der Waals surface area contributed by atoms with Crippen LogP contribution in [0, 0.1) is 0 Å². The number of aromatic nitrogens is 1. The van der Waals surface area contributed by atoms with Gasteiger partial charge in [-0.25, -0.2) is 4.79 Å². The van der Waals surface area contributed by atoms with Crippen molar-refractivity contribution < 1.29 is 14.3 Å². The average Bonchev–Trinajstić information content (AvgIpc) is 2.89. The van der Waals surface area contributed by atoms with E-state index in [2.05, 4.69) is 12.1 Å². The molecule has 0 saturated heterocycles. The van der Waals surface area contributed by atoms with E-state index in [1.807, 2.05) is 12.1 Å². The van der Waals surface area contributed by atoms with Crippen molar-refractivity contribution in [3.8, 4) is 0 Å². The second kappa shape index (κ2) is 5.67. The second-order valence-corrected chi connectivity index (χ2v) is 5.63. The van der Waals surface area contributed by atoms with Crippen LogP contribution in [0.4, 0.5) is 0 Å². The number of primary amides is 1. The number of benzene rings is 1. The Kier molecular flexibility index (Phi) is 3.71. The highest BCUT2D eigenvalue weighted by molar-refractivity contribution is 5.96. The molecule has 0 unspecified atom stereocenters. The molecular weight excluding hydrogens is 280 g/mol. The number of hydrogen-bond acceptors (Lipinski definition) is 3. The summed E-state index contributed by atoms with van der Waals surface area (Å²) >= 11 is 0. The molecular formula is C17H18N2O3. The van der Waals surface area contributed by atoms with E-state index in [-0.39, 0.29) is 6.10 Å². The van der Waals surface area contributed by atoms with Gasteiger partial charge < -0.3 is 15.0 Å². The molecule has 2 aromatic rings. The van der Waals surface area contributed by atoms with Gasteiger partial charge in [0.1, 0.15) is 11.8 Å². The zero-order valence-electron chi connectivity index (χ0n) is 12.4. The number of hydrogen-bond donors (Lipinski definition) is 1. The Labute approximate surface area is 128 Å². The van der Waals surface area contributed by atoms with Crippen molar-refractivity contribution in [3.05, 3.63) is 58.9 Å². The van der Waals surface area contributed by atoms with Crippen molar-refractivity contribution in [2.75, 3.05) is 0 Å². The van der Waals surface area contributed by atoms with Gasteiger partial charge in [0.15, 0.2) is 0 Å². The largest absolute Gasteiger partial charge is 0.457 e. The van der Waals surface area contributed by atoms with Gasteiger partial charge in [-0.1, -0.05) is 24.3 Å². The van der Waals surface area contributed by atoms with E-state index < -0.39 is 11.9 Å². The molecule has 0 spiro atoms. The molecule has 1 aromatic heterocycles. The van der Waals surface area contributed by atoms with E-state index in [1.54, 1.807) is 11.6 Å². The zero-order valence-corrected chi connectivity index (χ0v) is 12.4. The maximum atomic E-state index is 12.3. The molecule has 0 fully saturated rings. The molecule has 5 heteroatoms. The van der Waals surface area contributed by atoms with Crippen molar-refractivity contribution in [3.63, 3.8) is 0 Å². The highest BCUT2D eigenvalue weighted by atomic mass is 16.5. The van der Waals surface area contributed by atoms with E-state index in [1.165, 1.54) is 23.4 Å². The summed E-state index contributed by atoms with van der Waals surface area (Å²) in [5.74, 6) is -0.972. The lowest BCUT2D eigenvalue weighted by molar-refractivity contribution is 0.0260. The molecule has 1 atom stereocenters. The Bertz CT molecular complexity index is 733. The minimum Gasteiger partial charge on any atom is -0.457 e. The summed E-state index contributed by atoms with van der Waals surface area (Å²) in [6.07, 6.45) is 3.86. The fourth-order valence-corrected chi connectivity index (χ4v) is 2.88. The molecule has 2 N–H and O–H groups in total. The van der Waals surface area contributed by atoms with Crippen LogP contribution in [0.3, 0.4) is 0 Å². The lowest BCUT2D eigenvalue weighted by Gasteiger charge is -2.24. The van der Waals surface area contributed by atoms with Gasteiger partial charge in [-0.05, 0) is 30.0 Å². The van der Waals surface area contributed by atoms with Crippen molar-refractivity contribution in [1.82, 2.24) is 4.57 Å². The quantitative estimate of drug-likeness (QED) is 0.879. The van der Waals surface area contributed by atoms with E-state index in [0.29, 0.717) is 11.3 Å². The molecule has 114 valence electrons. The fraction of sp³-hybridized carbons (Fsp3) is 0.294. The number of ether oxygens (including phenoxy) is 1. The van der Waals surface area contributed by atoms with Crippen LogP contribution in [0.5, 0.6) is 0 Å². The first kappa shape index (κ1) is 14.4. The molecule has 1 aliphatic carbocycles. The summed E-state index contributed by atoms with van der Waals surface area (Å²) < 4.78 is 7.16. The summed E-state index contributed by atoms with van der Waals surface area (Å²) in [4.78, 5) is 23.5. The summed E-state index contributed by atoms with van der Waals surface area (Å²) in [7, 11) is 1.69. The molecule has 0 aliphatic heterocycles. The molecule has 0 radical (unpaired) electrons. The topological polar surface area (TPSA) is 74.3 Å². The van der Waals surface area contributed by atoms with Crippen molar-refractivity contribution in [1.29, 1.82) is 0 Å². The zero-order chi connectivity index (χ0) is 15.7. The summed E-state index contributed by atoms with van der Waals surface area (Å²) in [6.45, 7) is 0. The third kappa shape index (κ3) is 2.74. The van der Waals surface area contributed by atoms with Gasteiger partial charge in [-0.15, -0.1) is 0 Å². The van der Waals surface area contributed by atoms with Crippen LogP contribution in [0.25, 0.3) is 0 Å². The van der Waals surface area contributed by atoms with Crippen LogP contribution >= 0.6 is 0 Å². The van der Waals surface area contributed by atoms with Crippen LogP contribution in [0.15, 0.2) is 36.5 Å². The van der Waals surface area contributed by atoms with E-state index in [0.717, 1.165) is 19.3 Å². The van der Waals surface area contributed by atoms with Gasteiger partial charge in [0, 0.05) is 19.7 Å². The number of aryl methyl sites for hydroxylation is 2. The van der Waals surface area contributed by atoms with Gasteiger partial charge in [0.05, 0.1) is 5.56 Å². The first-order valence-corrected chi connectivity index (χ1v) is 7.28. The van der Waals surface area contributed by atoms with Crippen LogP contribution < -0.4 is 5.73 Å². The predicted octanol–water partition coefficient (Wildman–Crippen LogP) is 1.84. The molecule has 0 bridgehead atoms. The van der Waals surface area contributed by atoms with Gasteiger partial charge in [0.2, 0.25) is 5.91 Å². The minimum atomic E-state index is -0.554. The number of amides is 1. The predicted molar refractivity (Wildman–Crippen MR) is 81.6 cm³/mol. The van der Waals surface area contributed by atoms with E-state index in [4.69, 9.17) is 10.5 Å². The monoisotopic (exact) mass is 298 g/mol. The number of carbonyl (C=O) groups excluding carboxylic acids is 2. The maximum Gasteiger partial charge on any atom is 0.355 e. The first-order chi connectivity index (χ1) is 10.5. The minimum absolute atomic E-state index is 0.130. The number of esters is 1. The Morgan fingerprint density at radius 2 is 2.00 bits per heavy atom. The molecule has 1 heterocycles. The SMILES string of the molecule is Cn1cc(C(N)=O)cc1C(=O)O[C@@H]1CCc2ccccc2C1. The summed E-state index contributed by atoms with van der Waals surface area (Å²) in [6, 6.07) is 9.69. The normalized spacial score (nSPS) is 16.9. The van der Waals surface area contributed by atoms with Gasteiger partial charge >= 0.3 is 5.97 Å². The number of carbonyl (C=O) groups is 2. The Hall–Kier alpha value is -2.56. The summed E-state index contributed by atoms with van der Waals surface area (Å²) in [5.41, 5.74) is 8.43. The van der Waals surface area contributed by atoms with Crippen LogP contribution in [-0.2, 0) is 24.6 Å². The van der Waals surface area contributed by atoms with Crippen molar-refractivity contribution in [2.45, 2.75) is 25.4 Å². The highest BCUT2D eigenvalue weighted by Gasteiger charge is 2.24. The third-order valence-corrected chi connectivity index (χ3v) is 4.07. The smallest absolute Gasteiger partial charge is 0.355 e. The number of nitrogens with two attached hydrogens (primary N) is 1.